The van der Waals surface area contributed by atoms with Crippen molar-refractivity contribution in [1.82, 2.24) is 0 Å². The zero-order chi connectivity index (χ0) is 18.9. The molecule has 0 aromatic heterocycles. The van der Waals surface area contributed by atoms with Gasteiger partial charge in [0.1, 0.15) is 6.10 Å². The van der Waals surface area contributed by atoms with Crippen LogP contribution in [0.1, 0.15) is 75.2 Å². The van der Waals surface area contributed by atoms with E-state index in [2.05, 4.69) is 27.7 Å². The van der Waals surface area contributed by atoms with Crippen molar-refractivity contribution in [3.05, 3.63) is 0 Å². The molecule has 0 saturated carbocycles. The number of carbonyl (C=O) groups excluding carboxylic acids is 1. The molecule has 2 atom stereocenters. The SMILES string of the molecule is CC(=O)OC(CC(C)(C)N)C(C)(C)C(C)(C)CC(O)C(C)(C)N. The molecular formula is C18H38N2O3. The molecule has 5 nitrogen and oxygen atoms in total. The fourth-order valence-corrected chi connectivity index (χ4v) is 2.57. The number of rotatable bonds is 8. The first-order valence-electron chi connectivity index (χ1n) is 8.33. The number of hydrogen-bond donors (Lipinski definition) is 3. The lowest BCUT2D eigenvalue weighted by molar-refractivity contribution is -0.162. The lowest BCUT2D eigenvalue weighted by Gasteiger charge is -2.49. The molecule has 0 aromatic carbocycles. The molecule has 0 spiro atoms. The predicted molar refractivity (Wildman–Crippen MR) is 94.9 cm³/mol. The number of hydrogen-bond acceptors (Lipinski definition) is 5. The van der Waals surface area contributed by atoms with E-state index >= 15 is 0 Å². The van der Waals surface area contributed by atoms with Crippen molar-refractivity contribution >= 4 is 5.97 Å². The summed E-state index contributed by atoms with van der Waals surface area (Å²) in [7, 11) is 0. The average Bonchev–Trinajstić information content (AvgIpc) is 2.23. The maximum absolute atomic E-state index is 11.6. The summed E-state index contributed by atoms with van der Waals surface area (Å²) < 4.78 is 5.61. The van der Waals surface area contributed by atoms with E-state index in [4.69, 9.17) is 16.2 Å². The maximum Gasteiger partial charge on any atom is 0.302 e. The first kappa shape index (κ1) is 22.4. The Bertz CT molecular complexity index is 403. The number of aliphatic hydroxyl groups is 1. The summed E-state index contributed by atoms with van der Waals surface area (Å²) in [6, 6.07) is 0. The molecule has 0 fully saturated rings. The standard InChI is InChI=1S/C18H38N2O3/c1-12(21)23-14(11-16(4,5)19)17(6,7)15(2,3)10-13(22)18(8,9)20/h13-14,22H,10-11,19-20H2,1-9H3. The molecule has 0 radical (unpaired) electrons. The summed E-state index contributed by atoms with van der Waals surface area (Å²) in [6.07, 6.45) is 0.0564. The molecule has 0 rings (SSSR count). The molecule has 5 N–H and O–H groups in total. The predicted octanol–water partition coefficient (Wildman–Crippen LogP) is 2.59. The molecule has 0 aliphatic carbocycles. The van der Waals surface area contributed by atoms with Crippen molar-refractivity contribution in [3.8, 4) is 0 Å². The Morgan fingerprint density at radius 2 is 1.43 bits per heavy atom. The monoisotopic (exact) mass is 330 g/mol. The van der Waals surface area contributed by atoms with E-state index in [1.807, 2.05) is 27.7 Å². The van der Waals surface area contributed by atoms with E-state index in [0.29, 0.717) is 12.8 Å². The van der Waals surface area contributed by atoms with E-state index in [0.717, 1.165) is 0 Å². The number of aliphatic hydroxyl groups excluding tert-OH is 1. The summed E-state index contributed by atoms with van der Waals surface area (Å²) in [4.78, 5) is 11.6. The number of nitrogens with two attached hydrogens (primary N) is 2. The number of esters is 1. The second-order valence-corrected chi connectivity index (χ2v) is 9.44. The van der Waals surface area contributed by atoms with Gasteiger partial charge in [0.25, 0.3) is 0 Å². The number of carbonyl (C=O) groups is 1. The Balaban J connectivity index is 5.51. The van der Waals surface area contributed by atoms with Crippen molar-refractivity contribution in [3.63, 3.8) is 0 Å². The topological polar surface area (TPSA) is 98.6 Å². The van der Waals surface area contributed by atoms with Crippen molar-refractivity contribution in [2.45, 2.75) is 98.4 Å². The van der Waals surface area contributed by atoms with Crippen LogP contribution < -0.4 is 11.5 Å². The van der Waals surface area contributed by atoms with Gasteiger partial charge in [-0.05, 0) is 39.5 Å². The molecular weight excluding hydrogens is 292 g/mol. The van der Waals surface area contributed by atoms with Crippen LogP contribution in [-0.4, -0.2) is 34.4 Å². The first-order chi connectivity index (χ1) is 9.90. The van der Waals surface area contributed by atoms with Crippen LogP contribution in [0.2, 0.25) is 0 Å². The highest BCUT2D eigenvalue weighted by molar-refractivity contribution is 5.66. The fourth-order valence-electron chi connectivity index (χ4n) is 2.57. The van der Waals surface area contributed by atoms with Gasteiger partial charge in [0, 0.05) is 29.8 Å². The van der Waals surface area contributed by atoms with Crippen LogP contribution >= 0.6 is 0 Å². The van der Waals surface area contributed by atoms with Crippen LogP contribution in [0, 0.1) is 10.8 Å². The highest BCUT2D eigenvalue weighted by atomic mass is 16.5. The maximum atomic E-state index is 11.6. The molecule has 0 aliphatic rings. The van der Waals surface area contributed by atoms with E-state index < -0.39 is 17.2 Å². The number of ether oxygens (including phenoxy) is 1. The molecule has 0 heterocycles. The van der Waals surface area contributed by atoms with Gasteiger partial charge in [-0.2, -0.15) is 0 Å². The molecule has 0 saturated heterocycles. The third-order valence-corrected chi connectivity index (χ3v) is 5.13. The van der Waals surface area contributed by atoms with Crippen LogP contribution in [0.4, 0.5) is 0 Å². The summed E-state index contributed by atoms with van der Waals surface area (Å²) >= 11 is 0. The van der Waals surface area contributed by atoms with Gasteiger partial charge in [-0.3, -0.25) is 4.79 Å². The van der Waals surface area contributed by atoms with Gasteiger partial charge in [-0.15, -0.1) is 0 Å². The van der Waals surface area contributed by atoms with Crippen molar-refractivity contribution < 1.29 is 14.6 Å². The van der Waals surface area contributed by atoms with Gasteiger partial charge in [0.15, 0.2) is 0 Å². The lowest BCUT2D eigenvalue weighted by atomic mass is 9.60. The molecule has 0 aliphatic heterocycles. The van der Waals surface area contributed by atoms with E-state index in [-0.39, 0.29) is 22.9 Å². The zero-order valence-electron chi connectivity index (χ0n) is 16.5. The summed E-state index contributed by atoms with van der Waals surface area (Å²) in [6.45, 7) is 17.1. The minimum atomic E-state index is -0.683. The highest BCUT2D eigenvalue weighted by Crippen LogP contribution is 2.48. The van der Waals surface area contributed by atoms with E-state index in [9.17, 15) is 9.90 Å². The van der Waals surface area contributed by atoms with Gasteiger partial charge in [0.2, 0.25) is 0 Å². The normalized spacial score (nSPS) is 16.9. The third-order valence-electron chi connectivity index (χ3n) is 5.13. The van der Waals surface area contributed by atoms with Gasteiger partial charge < -0.3 is 21.3 Å². The van der Waals surface area contributed by atoms with Gasteiger partial charge in [0.05, 0.1) is 6.10 Å². The Labute approximate surface area is 142 Å². The van der Waals surface area contributed by atoms with Crippen molar-refractivity contribution in [2.75, 3.05) is 0 Å². The van der Waals surface area contributed by atoms with E-state index in [1.54, 1.807) is 0 Å². The summed E-state index contributed by atoms with van der Waals surface area (Å²) in [5.74, 6) is -0.317. The highest BCUT2D eigenvalue weighted by Gasteiger charge is 2.48. The zero-order valence-corrected chi connectivity index (χ0v) is 16.5. The molecule has 2 unspecified atom stereocenters. The van der Waals surface area contributed by atoms with Crippen LogP contribution in [0.3, 0.4) is 0 Å². The van der Waals surface area contributed by atoms with Crippen LogP contribution in [0.15, 0.2) is 0 Å². The second-order valence-electron chi connectivity index (χ2n) is 9.44. The molecule has 23 heavy (non-hydrogen) atoms. The van der Waals surface area contributed by atoms with Gasteiger partial charge in [-0.1, -0.05) is 27.7 Å². The minimum absolute atomic E-state index is 0.311. The quantitative estimate of drug-likeness (QED) is 0.594. The Hall–Kier alpha value is -0.650. The van der Waals surface area contributed by atoms with Crippen molar-refractivity contribution in [1.29, 1.82) is 0 Å². The first-order valence-corrected chi connectivity index (χ1v) is 8.33. The molecule has 0 aromatic rings. The third kappa shape index (κ3) is 6.77. The molecule has 138 valence electrons. The van der Waals surface area contributed by atoms with E-state index in [1.165, 1.54) is 6.92 Å². The lowest BCUT2D eigenvalue weighted by Crippen LogP contribution is -2.53. The summed E-state index contributed by atoms with van der Waals surface area (Å²) in [5.41, 5.74) is 10.4. The van der Waals surface area contributed by atoms with Crippen LogP contribution in [0.25, 0.3) is 0 Å². The molecule has 0 bridgehead atoms. The summed E-state index contributed by atoms with van der Waals surface area (Å²) in [5, 5.41) is 10.4. The largest absolute Gasteiger partial charge is 0.462 e. The fraction of sp³-hybridized carbons (Fsp3) is 0.944. The smallest absolute Gasteiger partial charge is 0.302 e. The Kier molecular flexibility index (Phi) is 6.88. The Morgan fingerprint density at radius 1 is 1.00 bits per heavy atom. The van der Waals surface area contributed by atoms with Crippen molar-refractivity contribution in [2.24, 2.45) is 22.3 Å². The minimum Gasteiger partial charge on any atom is -0.462 e. The van der Waals surface area contributed by atoms with Gasteiger partial charge >= 0.3 is 5.97 Å². The molecule has 0 amide bonds. The van der Waals surface area contributed by atoms with Gasteiger partial charge in [-0.25, -0.2) is 0 Å². The van der Waals surface area contributed by atoms with Crippen LogP contribution in [0.5, 0.6) is 0 Å². The second kappa shape index (κ2) is 7.08. The Morgan fingerprint density at radius 3 is 1.74 bits per heavy atom. The average molecular weight is 331 g/mol. The molecule has 5 heteroatoms. The van der Waals surface area contributed by atoms with Crippen LogP contribution in [-0.2, 0) is 9.53 Å².